The average molecular weight is 191 g/mol. The van der Waals surface area contributed by atoms with Crippen molar-refractivity contribution in [3.05, 3.63) is 0 Å². The predicted molar refractivity (Wildman–Crippen MR) is 52.6 cm³/mol. The first kappa shape index (κ1) is 8.34. The first-order chi connectivity index (χ1) is 5.38. The molecule has 2 aliphatic rings. The molecule has 3 nitrogen and oxygen atoms in total. The van der Waals surface area contributed by atoms with Gasteiger partial charge in [-0.2, -0.15) is 0 Å². The normalized spacial score (nSPS) is 39.0. The largest absolute Gasteiger partial charge is 0.300 e. The Bertz CT molecular complexity index is 132. The summed E-state index contributed by atoms with van der Waals surface area (Å²) in [4.78, 5) is 5.02. The minimum Gasteiger partial charge on any atom is -0.300 e. The third kappa shape index (κ3) is 1.91. The van der Waals surface area contributed by atoms with Crippen molar-refractivity contribution in [2.24, 2.45) is 0 Å². The van der Waals surface area contributed by atoms with Gasteiger partial charge in [0.2, 0.25) is 0 Å². The van der Waals surface area contributed by atoms with Crippen LogP contribution in [0.2, 0.25) is 0 Å². The van der Waals surface area contributed by atoms with Gasteiger partial charge in [-0.05, 0) is 0 Å². The molecule has 0 saturated carbocycles. The van der Waals surface area contributed by atoms with Crippen LogP contribution in [0.15, 0.2) is 0 Å². The number of nitrogens with zero attached hydrogens (tertiary/aromatic N) is 2. The molecule has 0 radical (unpaired) electrons. The van der Waals surface area contributed by atoms with Crippen LogP contribution in [0.3, 0.4) is 0 Å². The molecular weight excluding hydrogens is 176 g/mol. The summed E-state index contributed by atoms with van der Waals surface area (Å²) >= 11 is 0. The van der Waals surface area contributed by atoms with Gasteiger partial charge >= 0.3 is 0 Å². The fourth-order valence-electron chi connectivity index (χ4n) is 1.66. The van der Waals surface area contributed by atoms with E-state index < -0.39 is 0 Å². The van der Waals surface area contributed by atoms with Crippen LogP contribution in [0.1, 0.15) is 0 Å². The Morgan fingerprint density at radius 1 is 1.45 bits per heavy atom. The molecule has 2 saturated heterocycles. The second-order valence-electron chi connectivity index (χ2n) is 3.19. The van der Waals surface area contributed by atoms with Gasteiger partial charge in [0.15, 0.2) is 0 Å². The summed E-state index contributed by atoms with van der Waals surface area (Å²) < 4.78 is 0. The molecule has 2 rings (SSSR count). The molecule has 5 heteroatoms. The van der Waals surface area contributed by atoms with E-state index in [0.717, 1.165) is 19.6 Å². The standard InChI is InChI=1S/C6H15N3P2/c10-4-9-3-8-1-7-2-11(5-8)6-9/h7H,1-6,10H2. The van der Waals surface area contributed by atoms with Gasteiger partial charge in [0.25, 0.3) is 0 Å². The maximum absolute atomic E-state index is 3.45. The van der Waals surface area contributed by atoms with Crippen molar-refractivity contribution in [2.75, 3.05) is 38.5 Å². The summed E-state index contributed by atoms with van der Waals surface area (Å²) in [7, 11) is 3.07. The van der Waals surface area contributed by atoms with Crippen LogP contribution < -0.4 is 5.32 Å². The maximum Gasteiger partial charge on any atom is 0.0528 e. The Kier molecular flexibility index (Phi) is 2.76. The summed E-state index contributed by atoms with van der Waals surface area (Å²) in [5, 5.41) is 3.45. The van der Waals surface area contributed by atoms with Crippen LogP contribution in [0.25, 0.3) is 0 Å². The van der Waals surface area contributed by atoms with Gasteiger partial charge in [-0.15, -0.1) is 9.24 Å². The molecule has 2 bridgehead atoms. The molecule has 0 amide bonds. The predicted octanol–water partition coefficient (Wildman–Crippen LogP) is 0.309. The summed E-state index contributed by atoms with van der Waals surface area (Å²) in [6, 6.07) is 0. The van der Waals surface area contributed by atoms with E-state index in [0.29, 0.717) is 0 Å². The summed E-state index contributed by atoms with van der Waals surface area (Å²) in [6.07, 6.45) is 5.11. The van der Waals surface area contributed by atoms with E-state index >= 15 is 0 Å². The van der Waals surface area contributed by atoms with E-state index in [2.05, 4.69) is 24.4 Å². The highest BCUT2D eigenvalue weighted by Gasteiger charge is 2.26. The first-order valence-corrected chi connectivity index (χ1v) is 6.68. The van der Waals surface area contributed by atoms with Crippen LogP contribution in [-0.2, 0) is 0 Å². The van der Waals surface area contributed by atoms with Gasteiger partial charge < -0.3 is 5.32 Å². The Morgan fingerprint density at radius 2 is 2.36 bits per heavy atom. The third-order valence-electron chi connectivity index (χ3n) is 2.13. The van der Waals surface area contributed by atoms with E-state index in [1.807, 2.05) is 0 Å². The lowest BCUT2D eigenvalue weighted by Gasteiger charge is -2.43. The van der Waals surface area contributed by atoms with E-state index in [9.17, 15) is 0 Å². The average Bonchev–Trinajstić information content (AvgIpc) is 2.03. The van der Waals surface area contributed by atoms with Crippen molar-refractivity contribution in [1.29, 1.82) is 0 Å². The van der Waals surface area contributed by atoms with Gasteiger partial charge in [-0.3, -0.25) is 9.80 Å². The lowest BCUT2D eigenvalue weighted by Crippen LogP contribution is -2.51. The van der Waals surface area contributed by atoms with Gasteiger partial charge in [0, 0.05) is 31.8 Å². The molecule has 0 spiro atoms. The number of nitrogens with one attached hydrogen (secondary N) is 1. The maximum atomic E-state index is 3.45. The zero-order chi connectivity index (χ0) is 7.68. The van der Waals surface area contributed by atoms with Gasteiger partial charge in [-0.25, -0.2) is 0 Å². The first-order valence-electron chi connectivity index (χ1n) is 3.96. The van der Waals surface area contributed by atoms with Crippen molar-refractivity contribution in [3.8, 4) is 0 Å². The lowest BCUT2D eigenvalue weighted by molar-refractivity contribution is 0.155. The molecule has 0 aliphatic carbocycles. The van der Waals surface area contributed by atoms with Crippen LogP contribution in [0, 0.1) is 0 Å². The fraction of sp³-hybridized carbons (Fsp3) is 1.00. The van der Waals surface area contributed by atoms with Crippen molar-refractivity contribution >= 4 is 17.2 Å². The number of rotatable bonds is 1. The van der Waals surface area contributed by atoms with Gasteiger partial charge in [0.05, 0.1) is 6.67 Å². The minimum absolute atomic E-state index is 0.260. The van der Waals surface area contributed by atoms with Crippen LogP contribution in [0.5, 0.6) is 0 Å². The van der Waals surface area contributed by atoms with E-state index in [4.69, 9.17) is 0 Å². The van der Waals surface area contributed by atoms with Crippen LogP contribution >= 0.6 is 17.2 Å². The zero-order valence-electron chi connectivity index (χ0n) is 6.66. The molecule has 0 aromatic carbocycles. The summed E-state index contributed by atoms with van der Waals surface area (Å²) in [5.74, 6) is 0. The second kappa shape index (κ2) is 3.64. The number of hydrogen-bond acceptors (Lipinski definition) is 3. The Morgan fingerprint density at radius 3 is 3.09 bits per heavy atom. The molecule has 1 N–H and O–H groups in total. The molecule has 2 heterocycles. The number of fused-ring (bicyclic) bond motifs is 2. The van der Waals surface area contributed by atoms with Crippen LogP contribution in [-0.4, -0.2) is 48.3 Å². The second-order valence-corrected chi connectivity index (χ2v) is 5.77. The quantitative estimate of drug-likeness (QED) is 0.602. The Hall–Kier alpha value is 0.740. The van der Waals surface area contributed by atoms with E-state index in [1.165, 1.54) is 18.9 Å². The molecule has 64 valence electrons. The molecule has 3 unspecified atom stereocenters. The van der Waals surface area contributed by atoms with Crippen LogP contribution in [0.4, 0.5) is 0 Å². The van der Waals surface area contributed by atoms with E-state index in [-0.39, 0.29) is 7.92 Å². The van der Waals surface area contributed by atoms with Crippen molar-refractivity contribution in [3.63, 3.8) is 0 Å². The molecule has 2 fully saturated rings. The highest BCUT2D eigenvalue weighted by molar-refractivity contribution is 7.57. The third-order valence-corrected chi connectivity index (χ3v) is 4.92. The molecular formula is C6H15N3P2. The van der Waals surface area contributed by atoms with Crippen molar-refractivity contribution in [2.45, 2.75) is 0 Å². The lowest BCUT2D eigenvalue weighted by atomic mass is 10.7. The highest BCUT2D eigenvalue weighted by Crippen LogP contribution is 2.40. The molecule has 11 heavy (non-hydrogen) atoms. The highest BCUT2D eigenvalue weighted by atomic mass is 31.1. The number of hydrogen-bond donors (Lipinski definition) is 1. The van der Waals surface area contributed by atoms with Crippen molar-refractivity contribution in [1.82, 2.24) is 15.1 Å². The minimum atomic E-state index is 0.260. The molecule has 2 aliphatic heterocycles. The van der Waals surface area contributed by atoms with Gasteiger partial charge in [-0.1, -0.05) is 7.92 Å². The van der Waals surface area contributed by atoms with E-state index in [1.54, 1.807) is 0 Å². The smallest absolute Gasteiger partial charge is 0.0528 e. The SMILES string of the molecule is PCN1CN2CNCP(C1)C2. The molecule has 3 atom stereocenters. The zero-order valence-corrected chi connectivity index (χ0v) is 8.71. The van der Waals surface area contributed by atoms with Gasteiger partial charge in [0.1, 0.15) is 0 Å². The topological polar surface area (TPSA) is 18.5 Å². The summed E-state index contributed by atoms with van der Waals surface area (Å²) in [6.45, 7) is 2.26. The molecule has 0 aromatic rings. The fourth-order valence-corrected chi connectivity index (χ4v) is 4.36. The Labute approximate surface area is 71.5 Å². The molecule has 0 aromatic heterocycles. The summed E-state index contributed by atoms with van der Waals surface area (Å²) in [5.41, 5.74) is 0. The van der Waals surface area contributed by atoms with Crippen molar-refractivity contribution < 1.29 is 0 Å². The monoisotopic (exact) mass is 191 g/mol. The Balaban J connectivity index is 1.94.